The number of carbonyl (C=O) groups is 1. The number of fused-ring (bicyclic) bond motifs is 5. The molecule has 8 heteroatoms. The number of hydrogen-bond acceptors (Lipinski definition) is 7. The Bertz CT molecular complexity index is 992. The molecule has 3 saturated carbocycles. The van der Waals surface area contributed by atoms with Crippen LogP contribution in [0.2, 0.25) is 0 Å². The Kier molecular flexibility index (Phi) is 13.9. The van der Waals surface area contributed by atoms with Gasteiger partial charge in [-0.25, -0.2) is 4.79 Å². The zero-order valence-electron chi connectivity index (χ0n) is 30.0. The second-order valence-corrected chi connectivity index (χ2v) is 16.7. The molecule has 10 atom stereocenters. The number of ether oxygens (including phenoxy) is 1. The maximum absolute atomic E-state index is 13.4. The van der Waals surface area contributed by atoms with E-state index >= 15 is 0 Å². The maximum atomic E-state index is 13.4. The van der Waals surface area contributed by atoms with Crippen molar-refractivity contribution in [1.29, 1.82) is 0 Å². The zero-order chi connectivity index (χ0) is 33.5. The van der Waals surface area contributed by atoms with E-state index in [1.165, 1.54) is 56.9 Å². The van der Waals surface area contributed by atoms with Gasteiger partial charge in [-0.3, -0.25) is 0 Å². The van der Waals surface area contributed by atoms with E-state index in [-0.39, 0.29) is 37.2 Å². The zero-order valence-corrected chi connectivity index (χ0v) is 30.0. The predicted molar refractivity (Wildman–Crippen MR) is 187 cm³/mol. The van der Waals surface area contributed by atoms with Gasteiger partial charge < -0.3 is 36.6 Å². The second-order valence-electron chi connectivity index (χ2n) is 16.7. The first-order chi connectivity index (χ1) is 21.9. The van der Waals surface area contributed by atoms with E-state index in [1.54, 1.807) is 4.90 Å². The van der Waals surface area contributed by atoms with Crippen molar-refractivity contribution >= 4 is 6.09 Å². The smallest absolute Gasteiger partial charge is 0.410 e. The SMILES string of the molecule is CC(C)CCC[C@@H](C)[C@H]1CC[C@H]2[C@@H]3CC=C4C[C@@H](OC(=O)N(CCCCNCC(O)CN)CC(O)CN)CC[C@]4(C)[C@H]3CC[C@]12C. The Morgan fingerprint density at radius 2 is 1.76 bits per heavy atom. The number of aliphatic hydroxyl groups excluding tert-OH is 2. The molecular weight excluding hydrogens is 576 g/mol. The average Bonchev–Trinajstić information content (AvgIpc) is 3.39. The fraction of sp³-hybridized carbons (Fsp3) is 0.921. The highest BCUT2D eigenvalue weighted by Gasteiger charge is 2.59. The van der Waals surface area contributed by atoms with Crippen molar-refractivity contribution in [2.75, 3.05) is 39.3 Å². The number of unbranched alkanes of at least 4 members (excludes halogenated alkanes) is 1. The molecule has 0 aromatic carbocycles. The van der Waals surface area contributed by atoms with Crippen molar-refractivity contribution in [1.82, 2.24) is 10.2 Å². The molecule has 0 radical (unpaired) electrons. The monoisotopic (exact) mass is 647 g/mol. The number of aliphatic hydroxyl groups is 2. The number of carbonyl (C=O) groups excluding carboxylic acids is 1. The van der Waals surface area contributed by atoms with Gasteiger partial charge in [0.1, 0.15) is 6.10 Å². The number of nitrogens with one attached hydrogen (secondary N) is 1. The van der Waals surface area contributed by atoms with E-state index in [0.29, 0.717) is 18.5 Å². The first kappa shape index (κ1) is 37.6. The third-order valence-electron chi connectivity index (χ3n) is 13.2. The molecular formula is C38H70N4O4. The number of hydrogen-bond donors (Lipinski definition) is 5. The Morgan fingerprint density at radius 3 is 2.48 bits per heavy atom. The van der Waals surface area contributed by atoms with Crippen LogP contribution in [0.1, 0.15) is 118 Å². The lowest BCUT2D eigenvalue weighted by molar-refractivity contribution is -0.0596. The lowest BCUT2D eigenvalue weighted by atomic mass is 9.47. The molecule has 1 amide bonds. The summed E-state index contributed by atoms with van der Waals surface area (Å²) < 4.78 is 6.16. The summed E-state index contributed by atoms with van der Waals surface area (Å²) in [6.45, 7) is 14.7. The summed E-state index contributed by atoms with van der Waals surface area (Å²) in [6, 6.07) is 0. The summed E-state index contributed by atoms with van der Waals surface area (Å²) in [5, 5.41) is 23.1. The van der Waals surface area contributed by atoms with Crippen LogP contribution in [0, 0.1) is 46.3 Å². The Balaban J connectivity index is 1.33. The van der Waals surface area contributed by atoms with Crippen molar-refractivity contribution in [2.24, 2.45) is 57.8 Å². The first-order valence-corrected chi connectivity index (χ1v) is 19.0. The number of nitrogens with two attached hydrogens (primary N) is 2. The first-order valence-electron chi connectivity index (χ1n) is 19.0. The number of nitrogens with zero attached hydrogens (tertiary/aromatic N) is 1. The van der Waals surface area contributed by atoms with Gasteiger partial charge in [0, 0.05) is 32.6 Å². The molecule has 4 rings (SSSR count). The normalized spacial score (nSPS) is 34.2. The summed E-state index contributed by atoms with van der Waals surface area (Å²) in [6.07, 6.45) is 16.1. The van der Waals surface area contributed by atoms with Gasteiger partial charge >= 0.3 is 6.09 Å². The molecule has 0 aromatic heterocycles. The van der Waals surface area contributed by atoms with E-state index in [1.807, 2.05) is 0 Å². The number of amides is 1. The molecule has 0 aliphatic heterocycles. The summed E-state index contributed by atoms with van der Waals surface area (Å²) >= 11 is 0. The van der Waals surface area contributed by atoms with Crippen LogP contribution in [0.15, 0.2) is 11.6 Å². The lowest BCUT2D eigenvalue weighted by Crippen LogP contribution is -2.51. The van der Waals surface area contributed by atoms with Gasteiger partial charge in [-0.15, -0.1) is 0 Å². The van der Waals surface area contributed by atoms with Gasteiger partial charge in [-0.2, -0.15) is 0 Å². The van der Waals surface area contributed by atoms with Crippen molar-refractivity contribution in [3.05, 3.63) is 11.6 Å². The molecule has 0 heterocycles. The third-order valence-corrected chi connectivity index (χ3v) is 13.2. The summed E-state index contributed by atoms with van der Waals surface area (Å²) in [4.78, 5) is 15.0. The molecule has 4 aliphatic carbocycles. The van der Waals surface area contributed by atoms with Gasteiger partial charge in [0.25, 0.3) is 0 Å². The Labute approximate surface area is 280 Å². The third kappa shape index (κ3) is 8.88. The molecule has 0 spiro atoms. The molecule has 46 heavy (non-hydrogen) atoms. The Morgan fingerprint density at radius 1 is 1.00 bits per heavy atom. The van der Waals surface area contributed by atoms with E-state index in [9.17, 15) is 15.0 Å². The number of rotatable bonds is 17. The van der Waals surface area contributed by atoms with Gasteiger partial charge in [-0.05, 0) is 111 Å². The van der Waals surface area contributed by atoms with E-state index in [4.69, 9.17) is 16.2 Å². The molecule has 4 aliphatic rings. The van der Waals surface area contributed by atoms with Crippen molar-refractivity contribution in [3.63, 3.8) is 0 Å². The molecule has 0 saturated heterocycles. The van der Waals surface area contributed by atoms with Crippen LogP contribution in [0.3, 0.4) is 0 Å². The van der Waals surface area contributed by atoms with E-state index < -0.39 is 12.2 Å². The Hall–Kier alpha value is -1.19. The van der Waals surface area contributed by atoms with Gasteiger partial charge in [0.05, 0.1) is 18.8 Å². The van der Waals surface area contributed by atoms with Crippen LogP contribution in [-0.2, 0) is 4.74 Å². The second kappa shape index (κ2) is 17.0. The summed E-state index contributed by atoms with van der Waals surface area (Å²) in [5.41, 5.74) is 13.4. The fourth-order valence-electron chi connectivity index (χ4n) is 10.5. The fourth-order valence-corrected chi connectivity index (χ4v) is 10.5. The number of allylic oxidation sites excluding steroid dienone is 1. The molecule has 0 bridgehead atoms. The minimum absolute atomic E-state index is 0.109. The average molecular weight is 647 g/mol. The van der Waals surface area contributed by atoms with Crippen LogP contribution >= 0.6 is 0 Å². The van der Waals surface area contributed by atoms with Crippen molar-refractivity contribution in [3.8, 4) is 0 Å². The highest BCUT2D eigenvalue weighted by atomic mass is 16.6. The predicted octanol–water partition coefficient (Wildman–Crippen LogP) is 5.84. The van der Waals surface area contributed by atoms with Crippen LogP contribution in [0.4, 0.5) is 4.79 Å². The lowest BCUT2D eigenvalue weighted by Gasteiger charge is -2.58. The van der Waals surface area contributed by atoms with Gasteiger partial charge in [0.15, 0.2) is 0 Å². The summed E-state index contributed by atoms with van der Waals surface area (Å²) in [5.74, 6) is 4.89. The van der Waals surface area contributed by atoms with Crippen LogP contribution in [-0.4, -0.2) is 78.8 Å². The van der Waals surface area contributed by atoms with Crippen LogP contribution in [0.5, 0.6) is 0 Å². The largest absolute Gasteiger partial charge is 0.446 e. The molecule has 7 N–H and O–H groups in total. The standard InChI is InChI=1S/C38H70N4O4/c1-26(2)9-8-10-27(3)33-13-14-34-32-12-11-28-21-31(15-17-37(28,4)35(32)16-18-38(33,34)5)46-36(45)42(25-30(44)23-40)20-7-6-19-41-24-29(43)22-39/h11,26-27,29-35,41,43-44H,6-10,12-25,39-40H2,1-5H3/t27-,29?,30?,31+,32+,33-,34+,35+,37+,38-/m1/s1. The van der Waals surface area contributed by atoms with Crippen LogP contribution in [0.25, 0.3) is 0 Å². The van der Waals surface area contributed by atoms with Gasteiger partial charge in [-0.1, -0.05) is 65.5 Å². The molecule has 2 unspecified atom stereocenters. The maximum Gasteiger partial charge on any atom is 0.410 e. The summed E-state index contributed by atoms with van der Waals surface area (Å²) in [7, 11) is 0. The molecule has 266 valence electrons. The molecule has 8 nitrogen and oxygen atoms in total. The van der Waals surface area contributed by atoms with Crippen molar-refractivity contribution < 1.29 is 19.7 Å². The molecule has 3 fully saturated rings. The quantitative estimate of drug-likeness (QED) is 0.0990. The van der Waals surface area contributed by atoms with E-state index in [0.717, 1.165) is 74.2 Å². The van der Waals surface area contributed by atoms with E-state index in [2.05, 4.69) is 46.0 Å². The minimum atomic E-state index is -0.770. The minimum Gasteiger partial charge on any atom is -0.446 e. The van der Waals surface area contributed by atoms with Crippen LogP contribution < -0.4 is 16.8 Å². The molecule has 0 aromatic rings. The van der Waals surface area contributed by atoms with Gasteiger partial charge in [0.2, 0.25) is 0 Å². The topological polar surface area (TPSA) is 134 Å². The van der Waals surface area contributed by atoms with Crippen molar-refractivity contribution in [2.45, 2.75) is 136 Å². The highest BCUT2D eigenvalue weighted by Crippen LogP contribution is 2.67. The highest BCUT2D eigenvalue weighted by molar-refractivity contribution is 5.68.